The SMILES string of the molecule is CCOc1ccc(N2C=CN3C(SCC(=O)Nc4ccc(F)cc4F)=NNC3C2=O)cc1. The lowest BCUT2D eigenvalue weighted by Crippen LogP contribution is -2.52. The molecule has 1 unspecified atom stereocenters. The number of nitrogens with one attached hydrogen (secondary N) is 2. The molecule has 0 saturated carbocycles. The van der Waals surface area contributed by atoms with Gasteiger partial charge in [-0.15, -0.1) is 0 Å². The molecule has 2 aromatic carbocycles. The first-order valence-electron chi connectivity index (χ1n) is 9.70. The van der Waals surface area contributed by atoms with E-state index in [9.17, 15) is 18.4 Å². The molecular weight excluding hydrogens is 440 g/mol. The van der Waals surface area contributed by atoms with Gasteiger partial charge in [-0.3, -0.25) is 24.8 Å². The van der Waals surface area contributed by atoms with Gasteiger partial charge in [0.05, 0.1) is 18.0 Å². The van der Waals surface area contributed by atoms with Crippen LogP contribution < -0.4 is 20.4 Å². The van der Waals surface area contributed by atoms with Crippen LogP contribution in [0.3, 0.4) is 0 Å². The average molecular weight is 459 g/mol. The number of nitrogens with zero attached hydrogens (tertiary/aromatic N) is 3. The summed E-state index contributed by atoms with van der Waals surface area (Å²) in [5.41, 5.74) is 3.34. The predicted molar refractivity (Wildman–Crippen MR) is 118 cm³/mol. The number of fused-ring (bicyclic) bond motifs is 1. The van der Waals surface area contributed by atoms with Crippen LogP contribution in [0.4, 0.5) is 20.2 Å². The molecule has 0 radical (unpaired) electrons. The van der Waals surface area contributed by atoms with Crippen LogP contribution in [0, 0.1) is 11.6 Å². The number of benzene rings is 2. The van der Waals surface area contributed by atoms with Crippen molar-refractivity contribution in [3.8, 4) is 5.75 Å². The molecule has 0 aromatic heterocycles. The molecule has 2 N–H and O–H groups in total. The number of anilines is 2. The monoisotopic (exact) mass is 459 g/mol. The van der Waals surface area contributed by atoms with E-state index in [1.165, 1.54) is 4.90 Å². The summed E-state index contributed by atoms with van der Waals surface area (Å²) in [6.07, 6.45) is 2.56. The fourth-order valence-electron chi connectivity index (χ4n) is 3.11. The molecule has 2 aliphatic rings. The maximum absolute atomic E-state index is 13.7. The summed E-state index contributed by atoms with van der Waals surface area (Å²) < 4.78 is 32.1. The van der Waals surface area contributed by atoms with Crippen molar-refractivity contribution in [1.29, 1.82) is 0 Å². The largest absolute Gasteiger partial charge is 0.494 e. The molecule has 0 spiro atoms. The molecule has 32 heavy (non-hydrogen) atoms. The molecule has 166 valence electrons. The van der Waals surface area contributed by atoms with Crippen molar-refractivity contribution in [2.24, 2.45) is 5.10 Å². The van der Waals surface area contributed by atoms with Crippen molar-refractivity contribution in [2.75, 3.05) is 22.6 Å². The third-order valence-electron chi connectivity index (χ3n) is 4.59. The fourth-order valence-corrected chi connectivity index (χ4v) is 3.88. The molecule has 8 nitrogen and oxygen atoms in total. The highest BCUT2D eigenvalue weighted by Gasteiger charge is 2.38. The molecule has 0 fully saturated rings. The Morgan fingerprint density at radius 3 is 2.72 bits per heavy atom. The summed E-state index contributed by atoms with van der Waals surface area (Å²) in [6.45, 7) is 2.45. The molecule has 2 amide bonds. The minimum atomic E-state index is -0.859. The van der Waals surface area contributed by atoms with E-state index in [0.29, 0.717) is 29.3 Å². The number of thioether (sulfide) groups is 1. The number of carbonyl (C=O) groups is 2. The summed E-state index contributed by atoms with van der Waals surface area (Å²) in [6, 6.07) is 10.0. The topological polar surface area (TPSA) is 86.3 Å². The summed E-state index contributed by atoms with van der Waals surface area (Å²) in [5, 5.41) is 6.94. The molecule has 2 aliphatic heterocycles. The lowest BCUT2D eigenvalue weighted by atomic mass is 10.2. The second kappa shape index (κ2) is 9.27. The number of amidine groups is 1. The third kappa shape index (κ3) is 4.52. The molecule has 11 heteroatoms. The number of hydrogen-bond acceptors (Lipinski definition) is 7. The van der Waals surface area contributed by atoms with E-state index in [0.717, 1.165) is 23.9 Å². The van der Waals surface area contributed by atoms with E-state index in [1.807, 2.05) is 6.92 Å². The lowest BCUT2D eigenvalue weighted by molar-refractivity contribution is -0.122. The first-order chi connectivity index (χ1) is 15.5. The van der Waals surface area contributed by atoms with E-state index in [1.54, 1.807) is 41.6 Å². The van der Waals surface area contributed by atoms with E-state index < -0.39 is 23.7 Å². The van der Waals surface area contributed by atoms with Crippen molar-refractivity contribution >= 4 is 40.1 Å². The third-order valence-corrected chi connectivity index (χ3v) is 5.56. The minimum absolute atomic E-state index is 0.0782. The van der Waals surface area contributed by atoms with Gasteiger partial charge in [0.25, 0.3) is 5.91 Å². The van der Waals surface area contributed by atoms with Crippen LogP contribution in [0.1, 0.15) is 6.92 Å². The second-order valence-corrected chi connectivity index (χ2v) is 7.67. The Hall–Kier alpha value is -3.60. The van der Waals surface area contributed by atoms with Crippen LogP contribution in [0.15, 0.2) is 60.0 Å². The van der Waals surface area contributed by atoms with Crippen LogP contribution >= 0.6 is 11.8 Å². The zero-order valence-electron chi connectivity index (χ0n) is 16.9. The van der Waals surface area contributed by atoms with Crippen molar-refractivity contribution in [1.82, 2.24) is 10.3 Å². The van der Waals surface area contributed by atoms with Crippen LogP contribution in [0.5, 0.6) is 5.75 Å². The van der Waals surface area contributed by atoms with Crippen LogP contribution in [-0.2, 0) is 9.59 Å². The highest BCUT2D eigenvalue weighted by atomic mass is 32.2. The van der Waals surface area contributed by atoms with Crippen molar-refractivity contribution in [3.05, 3.63) is 66.5 Å². The van der Waals surface area contributed by atoms with Gasteiger partial charge in [-0.2, -0.15) is 5.10 Å². The van der Waals surface area contributed by atoms with Crippen LogP contribution in [0.2, 0.25) is 0 Å². The Bertz CT molecular complexity index is 1090. The standard InChI is InChI=1S/C21H19F2N5O3S/c1-2-31-15-6-4-14(5-7-15)27-9-10-28-19(20(27)30)25-26-21(28)32-12-18(29)24-17-8-3-13(22)11-16(17)23/h3-11,19,25H,2,12H2,1H3,(H,24,29). The van der Waals surface area contributed by atoms with Crippen molar-refractivity contribution < 1.29 is 23.1 Å². The van der Waals surface area contributed by atoms with Gasteiger partial charge in [0, 0.05) is 24.2 Å². The van der Waals surface area contributed by atoms with Crippen molar-refractivity contribution in [3.63, 3.8) is 0 Å². The van der Waals surface area contributed by atoms with Gasteiger partial charge < -0.3 is 10.1 Å². The predicted octanol–water partition coefficient (Wildman–Crippen LogP) is 3.06. The second-order valence-electron chi connectivity index (χ2n) is 6.73. The maximum atomic E-state index is 13.7. The highest BCUT2D eigenvalue weighted by Crippen LogP contribution is 2.27. The van der Waals surface area contributed by atoms with Gasteiger partial charge in [0.15, 0.2) is 5.17 Å². The van der Waals surface area contributed by atoms with Gasteiger partial charge in [0.1, 0.15) is 17.4 Å². The molecular formula is C21H19F2N5O3S. The zero-order valence-corrected chi connectivity index (χ0v) is 17.7. The molecule has 2 aromatic rings. The molecule has 1 atom stereocenters. The highest BCUT2D eigenvalue weighted by molar-refractivity contribution is 8.14. The number of carbonyl (C=O) groups excluding carboxylic acids is 2. The summed E-state index contributed by atoms with van der Waals surface area (Å²) in [5.74, 6) is -1.68. The Morgan fingerprint density at radius 1 is 1.22 bits per heavy atom. The minimum Gasteiger partial charge on any atom is -0.494 e. The normalized spacial score (nSPS) is 17.0. The fraction of sp³-hybridized carbons (Fsp3) is 0.190. The zero-order chi connectivity index (χ0) is 22.7. The first-order valence-corrected chi connectivity index (χ1v) is 10.7. The number of hydrazone groups is 1. The van der Waals surface area contributed by atoms with Gasteiger partial charge >= 0.3 is 0 Å². The lowest BCUT2D eigenvalue weighted by Gasteiger charge is -2.31. The Morgan fingerprint density at radius 2 is 2.00 bits per heavy atom. The molecule has 4 rings (SSSR count). The Kier molecular flexibility index (Phi) is 6.26. The van der Waals surface area contributed by atoms with Gasteiger partial charge in [-0.05, 0) is 43.3 Å². The van der Waals surface area contributed by atoms with E-state index in [4.69, 9.17) is 4.74 Å². The van der Waals surface area contributed by atoms with Gasteiger partial charge in [-0.25, -0.2) is 8.78 Å². The summed E-state index contributed by atoms with van der Waals surface area (Å²) in [4.78, 5) is 28.2. The summed E-state index contributed by atoms with van der Waals surface area (Å²) >= 11 is 1.08. The molecule has 2 heterocycles. The van der Waals surface area contributed by atoms with E-state index in [2.05, 4.69) is 15.8 Å². The van der Waals surface area contributed by atoms with E-state index >= 15 is 0 Å². The van der Waals surface area contributed by atoms with Crippen LogP contribution in [0.25, 0.3) is 0 Å². The summed E-state index contributed by atoms with van der Waals surface area (Å²) in [7, 11) is 0. The van der Waals surface area contributed by atoms with Crippen molar-refractivity contribution in [2.45, 2.75) is 13.1 Å². The van der Waals surface area contributed by atoms with Gasteiger partial charge in [-0.1, -0.05) is 11.8 Å². The number of ether oxygens (including phenoxy) is 1. The molecule has 0 saturated heterocycles. The smallest absolute Gasteiger partial charge is 0.276 e. The molecule has 0 aliphatic carbocycles. The number of amides is 2. The number of hydrogen-bond donors (Lipinski definition) is 2. The first kappa shape index (κ1) is 21.6. The quantitative estimate of drug-likeness (QED) is 0.691. The van der Waals surface area contributed by atoms with E-state index in [-0.39, 0.29) is 17.3 Å². The number of rotatable bonds is 6. The average Bonchev–Trinajstić information content (AvgIpc) is 3.19. The molecule has 0 bridgehead atoms. The van der Waals surface area contributed by atoms with Gasteiger partial charge in [0.2, 0.25) is 12.1 Å². The maximum Gasteiger partial charge on any atom is 0.276 e. The Labute approximate surface area is 186 Å². The number of halogens is 2. The van der Waals surface area contributed by atoms with Crippen LogP contribution in [-0.4, -0.2) is 40.4 Å². The Balaban J connectivity index is 1.36.